The molecule has 1 fully saturated rings. The van der Waals surface area contributed by atoms with Crippen LogP contribution in [0.4, 0.5) is 5.95 Å². The molecule has 1 aliphatic rings. The molecular weight excluding hydrogens is 308 g/mol. The third-order valence-electron chi connectivity index (χ3n) is 4.11. The molecule has 0 unspecified atom stereocenters. The lowest BCUT2D eigenvalue weighted by Gasteiger charge is -2.34. The van der Waals surface area contributed by atoms with Gasteiger partial charge in [0, 0.05) is 39.5 Å². The second-order valence-electron chi connectivity index (χ2n) is 6.98. The Morgan fingerprint density at radius 2 is 1.92 bits per heavy atom. The van der Waals surface area contributed by atoms with Crippen molar-refractivity contribution in [1.82, 2.24) is 24.6 Å². The Balaban J connectivity index is 1.78. The number of carbonyl (C=O) groups is 1. The van der Waals surface area contributed by atoms with E-state index < -0.39 is 0 Å². The van der Waals surface area contributed by atoms with Gasteiger partial charge in [-0.25, -0.2) is 9.67 Å². The lowest BCUT2D eigenvalue weighted by molar-refractivity contribution is -0.135. The van der Waals surface area contributed by atoms with Crippen molar-refractivity contribution in [2.45, 2.75) is 26.3 Å². The molecule has 24 heavy (non-hydrogen) atoms. The first kappa shape index (κ1) is 16.6. The number of amides is 1. The summed E-state index contributed by atoms with van der Waals surface area (Å²) in [7, 11) is 1.54. The molecule has 0 saturated carbocycles. The van der Waals surface area contributed by atoms with Crippen LogP contribution in [0.2, 0.25) is 0 Å². The molecule has 0 spiro atoms. The number of anilines is 1. The number of nitrogens with zero attached hydrogens (tertiary/aromatic N) is 6. The van der Waals surface area contributed by atoms with Crippen LogP contribution in [0.5, 0.6) is 0 Å². The van der Waals surface area contributed by atoms with Crippen LogP contribution < -0.4 is 4.90 Å². The van der Waals surface area contributed by atoms with Crippen molar-refractivity contribution in [3.8, 4) is 0 Å². The van der Waals surface area contributed by atoms with E-state index in [2.05, 4.69) is 35.8 Å². The molecule has 3 rings (SSSR count). The molecule has 130 valence electrons. The van der Waals surface area contributed by atoms with Crippen molar-refractivity contribution in [1.29, 1.82) is 0 Å². The molecule has 0 N–H and O–H groups in total. The number of ether oxygens (including phenoxy) is 1. The molecule has 2 aromatic heterocycles. The number of carbonyl (C=O) groups excluding carboxylic acids is 1. The zero-order valence-corrected chi connectivity index (χ0v) is 14.7. The Kier molecular flexibility index (Phi) is 4.40. The number of aromatic nitrogens is 4. The zero-order chi connectivity index (χ0) is 17.3. The summed E-state index contributed by atoms with van der Waals surface area (Å²) in [5.41, 5.74) is 0.698. The van der Waals surface area contributed by atoms with E-state index in [0.717, 1.165) is 11.0 Å². The standard InChI is InChI=1S/C16H24N6O2/c1-16(2,3)22-14-12(10-18-22)9-17-15(19-14)21-7-5-20(6-8-21)13(23)11-24-4/h9-10H,5-8,11H2,1-4H3. The normalized spacial score (nSPS) is 16.0. The van der Waals surface area contributed by atoms with E-state index in [1.165, 1.54) is 7.11 Å². The third-order valence-corrected chi connectivity index (χ3v) is 4.11. The van der Waals surface area contributed by atoms with Gasteiger partial charge in [0.25, 0.3) is 0 Å². The second kappa shape index (κ2) is 6.35. The monoisotopic (exact) mass is 332 g/mol. The average Bonchev–Trinajstić information content (AvgIpc) is 2.98. The molecule has 0 aliphatic carbocycles. The van der Waals surface area contributed by atoms with E-state index in [1.54, 1.807) is 6.20 Å². The van der Waals surface area contributed by atoms with Crippen molar-refractivity contribution in [3.63, 3.8) is 0 Å². The van der Waals surface area contributed by atoms with Crippen molar-refractivity contribution >= 4 is 22.9 Å². The van der Waals surface area contributed by atoms with E-state index in [-0.39, 0.29) is 18.1 Å². The van der Waals surface area contributed by atoms with Gasteiger partial charge in [0.05, 0.1) is 17.1 Å². The van der Waals surface area contributed by atoms with Gasteiger partial charge in [-0.1, -0.05) is 0 Å². The summed E-state index contributed by atoms with van der Waals surface area (Å²) in [4.78, 5) is 25.0. The summed E-state index contributed by atoms with van der Waals surface area (Å²) in [6.07, 6.45) is 3.61. The fraction of sp³-hybridized carbons (Fsp3) is 0.625. The molecule has 0 atom stereocenters. The quantitative estimate of drug-likeness (QED) is 0.830. The van der Waals surface area contributed by atoms with Crippen LogP contribution in [0.1, 0.15) is 20.8 Å². The van der Waals surface area contributed by atoms with E-state index in [1.807, 2.05) is 15.8 Å². The van der Waals surface area contributed by atoms with Crippen molar-refractivity contribution in [3.05, 3.63) is 12.4 Å². The molecule has 8 nitrogen and oxygen atoms in total. The molecule has 8 heteroatoms. The lowest BCUT2D eigenvalue weighted by atomic mass is 10.1. The first-order valence-corrected chi connectivity index (χ1v) is 8.13. The molecule has 1 saturated heterocycles. The summed E-state index contributed by atoms with van der Waals surface area (Å²) in [5.74, 6) is 0.715. The molecule has 0 aromatic carbocycles. The summed E-state index contributed by atoms with van der Waals surface area (Å²) in [6.45, 7) is 9.16. The minimum atomic E-state index is -0.140. The van der Waals surface area contributed by atoms with Crippen molar-refractivity contribution < 1.29 is 9.53 Å². The predicted molar refractivity (Wildman–Crippen MR) is 91.0 cm³/mol. The molecule has 0 bridgehead atoms. The maximum atomic E-state index is 11.9. The van der Waals surface area contributed by atoms with Gasteiger partial charge in [-0.15, -0.1) is 0 Å². The molecule has 1 amide bonds. The fourth-order valence-corrected chi connectivity index (χ4v) is 2.82. The summed E-state index contributed by atoms with van der Waals surface area (Å²) >= 11 is 0. The minimum Gasteiger partial charge on any atom is -0.375 e. The highest BCUT2D eigenvalue weighted by Gasteiger charge is 2.24. The van der Waals surface area contributed by atoms with Crippen LogP contribution >= 0.6 is 0 Å². The maximum Gasteiger partial charge on any atom is 0.248 e. The number of hydrogen-bond acceptors (Lipinski definition) is 6. The van der Waals surface area contributed by atoms with Gasteiger partial charge in [-0.05, 0) is 20.8 Å². The summed E-state index contributed by atoms with van der Waals surface area (Å²) in [6, 6.07) is 0. The molecular formula is C16H24N6O2. The fourth-order valence-electron chi connectivity index (χ4n) is 2.82. The van der Waals surface area contributed by atoms with Crippen LogP contribution in [0.25, 0.3) is 11.0 Å². The number of methoxy groups -OCH3 is 1. The molecule has 2 aromatic rings. The Morgan fingerprint density at radius 3 is 2.54 bits per heavy atom. The zero-order valence-electron chi connectivity index (χ0n) is 14.7. The largest absolute Gasteiger partial charge is 0.375 e. The van der Waals surface area contributed by atoms with E-state index in [0.29, 0.717) is 32.1 Å². The Bertz CT molecular complexity index is 728. The van der Waals surface area contributed by atoms with E-state index >= 15 is 0 Å². The van der Waals surface area contributed by atoms with Crippen molar-refractivity contribution in [2.24, 2.45) is 0 Å². The maximum absolute atomic E-state index is 11.9. The van der Waals surface area contributed by atoms with Gasteiger partial charge < -0.3 is 14.5 Å². The van der Waals surface area contributed by atoms with Crippen molar-refractivity contribution in [2.75, 3.05) is 44.8 Å². The molecule has 3 heterocycles. The number of rotatable bonds is 3. The Morgan fingerprint density at radius 1 is 1.21 bits per heavy atom. The van der Waals surface area contributed by atoms with Crippen LogP contribution in [-0.4, -0.2) is 70.5 Å². The van der Waals surface area contributed by atoms with Gasteiger partial charge in [0.1, 0.15) is 6.61 Å². The number of hydrogen-bond donors (Lipinski definition) is 0. The second-order valence-corrected chi connectivity index (χ2v) is 6.98. The van der Waals surface area contributed by atoms with Crippen LogP contribution in [-0.2, 0) is 15.1 Å². The first-order chi connectivity index (χ1) is 11.4. The average molecular weight is 332 g/mol. The lowest BCUT2D eigenvalue weighted by Crippen LogP contribution is -2.50. The number of piperazine rings is 1. The predicted octanol–water partition coefficient (Wildman–Crippen LogP) is 0.876. The van der Waals surface area contributed by atoms with E-state index in [4.69, 9.17) is 9.72 Å². The Labute approximate surface area is 141 Å². The molecule has 0 radical (unpaired) electrons. The SMILES string of the molecule is COCC(=O)N1CCN(c2ncc3cnn(C(C)(C)C)c3n2)CC1. The number of fused-ring (bicyclic) bond motifs is 1. The van der Waals surface area contributed by atoms with Gasteiger partial charge in [-0.2, -0.15) is 10.1 Å². The van der Waals surface area contributed by atoms with Gasteiger partial charge in [-0.3, -0.25) is 4.79 Å². The summed E-state index contributed by atoms with van der Waals surface area (Å²) < 4.78 is 6.84. The van der Waals surface area contributed by atoms with Crippen LogP contribution in [0, 0.1) is 0 Å². The highest BCUT2D eigenvalue weighted by molar-refractivity contribution is 5.78. The van der Waals surface area contributed by atoms with E-state index in [9.17, 15) is 4.79 Å². The van der Waals surface area contributed by atoms with Gasteiger partial charge in [0.2, 0.25) is 11.9 Å². The smallest absolute Gasteiger partial charge is 0.248 e. The minimum absolute atomic E-state index is 0.0272. The highest BCUT2D eigenvalue weighted by Crippen LogP contribution is 2.22. The summed E-state index contributed by atoms with van der Waals surface area (Å²) in [5, 5.41) is 5.37. The van der Waals surface area contributed by atoms with Gasteiger partial charge >= 0.3 is 0 Å². The molecule has 1 aliphatic heterocycles. The van der Waals surface area contributed by atoms with Crippen LogP contribution in [0.3, 0.4) is 0 Å². The Hall–Kier alpha value is -2.22. The topological polar surface area (TPSA) is 76.4 Å². The first-order valence-electron chi connectivity index (χ1n) is 8.13. The van der Waals surface area contributed by atoms with Crippen LogP contribution in [0.15, 0.2) is 12.4 Å². The van der Waals surface area contributed by atoms with Gasteiger partial charge in [0.15, 0.2) is 5.65 Å². The third kappa shape index (κ3) is 3.19. The highest BCUT2D eigenvalue weighted by atomic mass is 16.5.